The molecule has 1 aromatic rings. The molecule has 1 fully saturated rings. The molecule has 1 aliphatic carbocycles. The van der Waals surface area contributed by atoms with Crippen molar-refractivity contribution in [3.05, 3.63) is 12.2 Å². The van der Waals surface area contributed by atoms with Crippen molar-refractivity contribution in [1.29, 1.82) is 0 Å². The van der Waals surface area contributed by atoms with Crippen LogP contribution in [0.15, 0.2) is 10.9 Å². The molecule has 1 heterocycles. The van der Waals surface area contributed by atoms with Crippen molar-refractivity contribution in [3.63, 3.8) is 0 Å². The molecule has 90 valence electrons. The maximum Gasteiger partial charge on any atom is 0.213 e. The minimum atomic E-state index is -0.404. The first-order valence-corrected chi connectivity index (χ1v) is 6.09. The molecular weight excluding hydrogens is 202 g/mol. The number of nitrogens with two attached hydrogens (primary N) is 1. The van der Waals surface area contributed by atoms with Crippen molar-refractivity contribution < 1.29 is 4.52 Å². The molecular formula is C12H21N3O. The van der Waals surface area contributed by atoms with E-state index in [1.165, 1.54) is 12.8 Å². The Hall–Kier alpha value is -0.900. The van der Waals surface area contributed by atoms with E-state index in [4.69, 9.17) is 10.3 Å². The average molecular weight is 223 g/mol. The van der Waals surface area contributed by atoms with Crippen LogP contribution in [0.1, 0.15) is 45.9 Å². The molecule has 4 heteroatoms. The number of nitrogens with zero attached hydrogens (tertiary/aromatic N) is 2. The van der Waals surface area contributed by atoms with Crippen LogP contribution in [0.4, 0.5) is 0 Å². The zero-order chi connectivity index (χ0) is 11.8. The van der Waals surface area contributed by atoms with Crippen molar-refractivity contribution in [2.24, 2.45) is 23.5 Å². The molecule has 2 rings (SSSR count). The Morgan fingerprint density at radius 1 is 1.50 bits per heavy atom. The topological polar surface area (TPSA) is 64.9 Å². The Labute approximate surface area is 96.6 Å². The van der Waals surface area contributed by atoms with E-state index in [2.05, 4.69) is 30.9 Å². The molecule has 0 saturated heterocycles. The fraction of sp³-hybridized carbons (Fsp3) is 0.833. The summed E-state index contributed by atoms with van der Waals surface area (Å²) in [5.74, 6) is 2.31. The third-order valence-electron chi connectivity index (χ3n) is 3.90. The number of hydrogen-bond donors (Lipinski definition) is 1. The fourth-order valence-electron chi connectivity index (χ4n) is 3.11. The molecule has 16 heavy (non-hydrogen) atoms. The summed E-state index contributed by atoms with van der Waals surface area (Å²) in [4.78, 5) is 4.18. The standard InChI is InChI=1S/C12H21N3O/c1-8(2)10-5-4-9(3)6-12(10,13)11-14-7-16-15-11/h7-10H,4-6,13H2,1-3H3. The third kappa shape index (κ3) is 1.86. The lowest BCUT2D eigenvalue weighted by Crippen LogP contribution is -2.50. The predicted octanol–water partition coefficient (Wildman–Crippen LogP) is 2.32. The second kappa shape index (κ2) is 4.17. The van der Waals surface area contributed by atoms with Crippen LogP contribution in [0, 0.1) is 17.8 Å². The van der Waals surface area contributed by atoms with Crippen molar-refractivity contribution in [3.8, 4) is 0 Å². The Kier molecular flexibility index (Phi) is 3.02. The molecule has 1 aliphatic rings. The van der Waals surface area contributed by atoms with Gasteiger partial charge in [0, 0.05) is 0 Å². The zero-order valence-electron chi connectivity index (χ0n) is 10.3. The number of aromatic nitrogens is 2. The van der Waals surface area contributed by atoms with Crippen molar-refractivity contribution in [2.45, 2.75) is 45.6 Å². The van der Waals surface area contributed by atoms with Gasteiger partial charge in [-0.15, -0.1) is 0 Å². The summed E-state index contributed by atoms with van der Waals surface area (Å²) in [6, 6.07) is 0. The maximum atomic E-state index is 6.58. The summed E-state index contributed by atoms with van der Waals surface area (Å²) in [6.45, 7) is 6.70. The molecule has 4 nitrogen and oxygen atoms in total. The van der Waals surface area contributed by atoms with Crippen LogP contribution in [-0.4, -0.2) is 10.1 Å². The molecule has 3 unspecified atom stereocenters. The maximum absolute atomic E-state index is 6.58. The van der Waals surface area contributed by atoms with Gasteiger partial charge in [0.1, 0.15) is 0 Å². The van der Waals surface area contributed by atoms with Gasteiger partial charge in [-0.3, -0.25) is 0 Å². The van der Waals surface area contributed by atoms with Gasteiger partial charge in [-0.1, -0.05) is 32.3 Å². The molecule has 1 aromatic heterocycles. The van der Waals surface area contributed by atoms with Crippen LogP contribution in [0.3, 0.4) is 0 Å². The van der Waals surface area contributed by atoms with Crippen LogP contribution in [0.25, 0.3) is 0 Å². The minimum Gasteiger partial charge on any atom is -0.343 e. The number of rotatable bonds is 2. The smallest absolute Gasteiger partial charge is 0.213 e. The highest BCUT2D eigenvalue weighted by Crippen LogP contribution is 2.44. The SMILES string of the molecule is CC1CCC(C(C)C)C(N)(c2ncon2)C1. The third-order valence-corrected chi connectivity index (χ3v) is 3.90. The predicted molar refractivity (Wildman–Crippen MR) is 61.5 cm³/mol. The van der Waals surface area contributed by atoms with Crippen LogP contribution in [-0.2, 0) is 5.54 Å². The summed E-state index contributed by atoms with van der Waals surface area (Å²) < 4.78 is 4.86. The van der Waals surface area contributed by atoms with Gasteiger partial charge < -0.3 is 10.3 Å². The van der Waals surface area contributed by atoms with Crippen molar-refractivity contribution >= 4 is 0 Å². The Morgan fingerprint density at radius 3 is 2.81 bits per heavy atom. The quantitative estimate of drug-likeness (QED) is 0.835. The molecule has 0 aliphatic heterocycles. The van der Waals surface area contributed by atoms with Crippen molar-refractivity contribution in [1.82, 2.24) is 10.1 Å². The van der Waals surface area contributed by atoms with Gasteiger partial charge >= 0.3 is 0 Å². The molecule has 0 radical (unpaired) electrons. The van der Waals surface area contributed by atoms with E-state index >= 15 is 0 Å². The highest BCUT2D eigenvalue weighted by molar-refractivity contribution is 5.08. The van der Waals surface area contributed by atoms with Gasteiger partial charge in [-0.25, -0.2) is 0 Å². The highest BCUT2D eigenvalue weighted by atomic mass is 16.5. The summed E-state index contributed by atoms with van der Waals surface area (Å²) in [7, 11) is 0. The molecule has 1 saturated carbocycles. The number of hydrogen-bond acceptors (Lipinski definition) is 4. The zero-order valence-corrected chi connectivity index (χ0v) is 10.3. The van der Waals surface area contributed by atoms with Gasteiger partial charge in [0.05, 0.1) is 5.54 Å². The lowest BCUT2D eigenvalue weighted by molar-refractivity contribution is 0.0984. The Morgan fingerprint density at radius 2 is 2.25 bits per heavy atom. The van der Waals surface area contributed by atoms with Gasteiger partial charge in [0.15, 0.2) is 5.82 Å². The monoisotopic (exact) mass is 223 g/mol. The van der Waals surface area contributed by atoms with Crippen LogP contribution >= 0.6 is 0 Å². The van der Waals surface area contributed by atoms with Crippen molar-refractivity contribution in [2.75, 3.05) is 0 Å². The second-order valence-corrected chi connectivity index (χ2v) is 5.53. The van der Waals surface area contributed by atoms with E-state index in [9.17, 15) is 0 Å². The second-order valence-electron chi connectivity index (χ2n) is 5.53. The van der Waals surface area contributed by atoms with E-state index in [1.807, 2.05) is 0 Å². The summed E-state index contributed by atoms with van der Waals surface area (Å²) in [5, 5.41) is 3.97. The molecule has 2 N–H and O–H groups in total. The highest BCUT2D eigenvalue weighted by Gasteiger charge is 2.45. The van der Waals surface area contributed by atoms with Gasteiger partial charge in [0.2, 0.25) is 6.39 Å². The Bertz CT molecular complexity index is 336. The minimum absolute atomic E-state index is 0.404. The van der Waals surface area contributed by atoms with E-state index in [0.717, 1.165) is 12.8 Å². The summed E-state index contributed by atoms with van der Waals surface area (Å²) in [6.07, 6.45) is 4.74. The molecule has 0 aromatic carbocycles. The van der Waals surface area contributed by atoms with Crippen LogP contribution in [0.2, 0.25) is 0 Å². The molecule has 0 bridgehead atoms. The van der Waals surface area contributed by atoms with E-state index in [1.54, 1.807) is 0 Å². The molecule has 3 atom stereocenters. The average Bonchev–Trinajstić information content (AvgIpc) is 2.69. The molecule has 0 amide bonds. The Balaban J connectivity index is 2.32. The lowest BCUT2D eigenvalue weighted by Gasteiger charge is -2.43. The van der Waals surface area contributed by atoms with E-state index < -0.39 is 5.54 Å². The first kappa shape index (κ1) is 11.6. The first-order valence-electron chi connectivity index (χ1n) is 6.09. The first-order chi connectivity index (χ1) is 7.54. The van der Waals surface area contributed by atoms with Crippen LogP contribution < -0.4 is 5.73 Å². The van der Waals surface area contributed by atoms with Gasteiger partial charge in [-0.2, -0.15) is 4.98 Å². The normalized spacial score (nSPS) is 35.6. The van der Waals surface area contributed by atoms with Gasteiger partial charge in [-0.05, 0) is 30.6 Å². The summed E-state index contributed by atoms with van der Waals surface area (Å²) in [5.41, 5.74) is 6.17. The van der Waals surface area contributed by atoms with Crippen LogP contribution in [0.5, 0.6) is 0 Å². The summed E-state index contributed by atoms with van der Waals surface area (Å²) >= 11 is 0. The lowest BCUT2D eigenvalue weighted by atomic mass is 9.65. The van der Waals surface area contributed by atoms with E-state index in [0.29, 0.717) is 23.6 Å². The molecule has 0 spiro atoms. The largest absolute Gasteiger partial charge is 0.343 e. The fourth-order valence-corrected chi connectivity index (χ4v) is 3.11. The van der Waals surface area contributed by atoms with E-state index in [-0.39, 0.29) is 0 Å². The van der Waals surface area contributed by atoms with Gasteiger partial charge in [0.25, 0.3) is 0 Å².